The molecular formula is C13H28N2. The van der Waals surface area contributed by atoms with E-state index < -0.39 is 0 Å². The van der Waals surface area contributed by atoms with Crippen LogP contribution in [0.3, 0.4) is 0 Å². The second kappa shape index (κ2) is 6.49. The summed E-state index contributed by atoms with van der Waals surface area (Å²) >= 11 is 0. The Morgan fingerprint density at radius 1 is 1.33 bits per heavy atom. The first-order chi connectivity index (χ1) is 7.13. The lowest BCUT2D eigenvalue weighted by Gasteiger charge is -2.21. The van der Waals surface area contributed by atoms with Gasteiger partial charge in [0.25, 0.3) is 0 Å². The van der Waals surface area contributed by atoms with Crippen molar-refractivity contribution in [2.45, 2.75) is 40.0 Å². The maximum Gasteiger partial charge on any atom is 0.00127 e. The second-order valence-electron chi connectivity index (χ2n) is 5.59. The van der Waals surface area contributed by atoms with Crippen LogP contribution < -0.4 is 5.73 Å². The van der Waals surface area contributed by atoms with Crippen molar-refractivity contribution in [3.63, 3.8) is 0 Å². The van der Waals surface area contributed by atoms with Gasteiger partial charge in [0.1, 0.15) is 0 Å². The van der Waals surface area contributed by atoms with Crippen LogP contribution in [0.15, 0.2) is 0 Å². The highest BCUT2D eigenvalue weighted by Crippen LogP contribution is 2.24. The summed E-state index contributed by atoms with van der Waals surface area (Å²) in [4.78, 5) is 2.64. The van der Waals surface area contributed by atoms with Crippen molar-refractivity contribution >= 4 is 0 Å². The second-order valence-corrected chi connectivity index (χ2v) is 5.59. The predicted molar refractivity (Wildman–Crippen MR) is 66.8 cm³/mol. The number of nitrogens with two attached hydrogens (primary N) is 1. The lowest BCUT2D eigenvalue weighted by atomic mass is 9.95. The van der Waals surface area contributed by atoms with Crippen LogP contribution in [0, 0.1) is 17.8 Å². The first-order valence-electron chi connectivity index (χ1n) is 6.56. The van der Waals surface area contributed by atoms with Crippen molar-refractivity contribution in [2.24, 2.45) is 23.5 Å². The zero-order chi connectivity index (χ0) is 11.3. The summed E-state index contributed by atoms with van der Waals surface area (Å²) in [7, 11) is 0. The van der Waals surface area contributed by atoms with E-state index in [4.69, 9.17) is 5.73 Å². The molecule has 0 spiro atoms. The Balaban J connectivity index is 2.17. The Morgan fingerprint density at radius 3 is 2.60 bits per heavy atom. The summed E-state index contributed by atoms with van der Waals surface area (Å²) in [6.07, 6.45) is 3.88. The van der Waals surface area contributed by atoms with Gasteiger partial charge in [0, 0.05) is 13.1 Å². The Kier molecular flexibility index (Phi) is 5.62. The van der Waals surface area contributed by atoms with E-state index in [2.05, 4.69) is 25.7 Å². The summed E-state index contributed by atoms with van der Waals surface area (Å²) in [6.45, 7) is 11.8. The molecule has 0 aromatic heterocycles. The number of rotatable bonds is 6. The highest BCUT2D eigenvalue weighted by Gasteiger charge is 2.25. The lowest BCUT2D eigenvalue weighted by Crippen LogP contribution is -2.27. The summed E-state index contributed by atoms with van der Waals surface area (Å²) < 4.78 is 0. The third-order valence-electron chi connectivity index (χ3n) is 3.72. The molecule has 2 atom stereocenters. The van der Waals surface area contributed by atoms with Crippen molar-refractivity contribution in [2.75, 3.05) is 26.2 Å². The third-order valence-corrected chi connectivity index (χ3v) is 3.72. The van der Waals surface area contributed by atoms with E-state index in [-0.39, 0.29) is 0 Å². The first kappa shape index (κ1) is 13.0. The molecule has 1 aliphatic heterocycles. The molecule has 15 heavy (non-hydrogen) atoms. The fourth-order valence-corrected chi connectivity index (χ4v) is 2.57. The minimum Gasteiger partial charge on any atom is -0.330 e. The third kappa shape index (κ3) is 4.52. The van der Waals surface area contributed by atoms with Crippen molar-refractivity contribution < 1.29 is 0 Å². The molecule has 1 saturated heterocycles. The van der Waals surface area contributed by atoms with Gasteiger partial charge in [-0.3, -0.25) is 0 Å². The standard InChI is InChI=1S/C13H28N2/c1-11(2)13-6-8-15(10-13)9-12(3)5-4-7-14/h11-13H,4-10,14H2,1-3H3. The van der Waals surface area contributed by atoms with Gasteiger partial charge in [0.05, 0.1) is 0 Å². The number of likely N-dealkylation sites (tertiary alicyclic amines) is 1. The fraction of sp³-hybridized carbons (Fsp3) is 1.00. The Morgan fingerprint density at radius 2 is 2.07 bits per heavy atom. The van der Waals surface area contributed by atoms with Crippen LogP contribution in [0.4, 0.5) is 0 Å². The first-order valence-corrected chi connectivity index (χ1v) is 6.56. The predicted octanol–water partition coefficient (Wildman–Crippen LogP) is 2.34. The van der Waals surface area contributed by atoms with Gasteiger partial charge in [-0.25, -0.2) is 0 Å². The minimum absolute atomic E-state index is 0.819. The van der Waals surface area contributed by atoms with Gasteiger partial charge in [0.2, 0.25) is 0 Å². The highest BCUT2D eigenvalue weighted by atomic mass is 15.1. The quantitative estimate of drug-likeness (QED) is 0.732. The average molecular weight is 212 g/mol. The van der Waals surface area contributed by atoms with E-state index in [1.165, 1.54) is 38.9 Å². The maximum absolute atomic E-state index is 5.53. The number of hydrogen-bond donors (Lipinski definition) is 1. The number of hydrogen-bond acceptors (Lipinski definition) is 2. The molecule has 0 aromatic rings. The molecule has 2 N–H and O–H groups in total. The zero-order valence-electron chi connectivity index (χ0n) is 10.7. The minimum atomic E-state index is 0.819. The van der Waals surface area contributed by atoms with Crippen LogP contribution in [0.2, 0.25) is 0 Å². The van der Waals surface area contributed by atoms with Crippen LogP contribution in [0.1, 0.15) is 40.0 Å². The van der Waals surface area contributed by atoms with Crippen molar-refractivity contribution in [3.8, 4) is 0 Å². The van der Waals surface area contributed by atoms with E-state index in [0.29, 0.717) is 0 Å². The topological polar surface area (TPSA) is 29.3 Å². The molecule has 90 valence electrons. The van der Waals surface area contributed by atoms with Crippen molar-refractivity contribution in [3.05, 3.63) is 0 Å². The SMILES string of the molecule is CC(CCCN)CN1CCC(C(C)C)C1. The molecule has 0 saturated carbocycles. The van der Waals surface area contributed by atoms with E-state index in [1.54, 1.807) is 0 Å². The van der Waals surface area contributed by atoms with Crippen LogP contribution in [-0.4, -0.2) is 31.1 Å². The van der Waals surface area contributed by atoms with Crippen LogP contribution in [-0.2, 0) is 0 Å². The van der Waals surface area contributed by atoms with E-state index in [9.17, 15) is 0 Å². The van der Waals surface area contributed by atoms with Gasteiger partial charge in [0.15, 0.2) is 0 Å². The largest absolute Gasteiger partial charge is 0.330 e. The van der Waals surface area contributed by atoms with Gasteiger partial charge >= 0.3 is 0 Å². The van der Waals surface area contributed by atoms with Gasteiger partial charge < -0.3 is 10.6 Å². The summed E-state index contributed by atoms with van der Waals surface area (Å²) in [5.41, 5.74) is 5.53. The van der Waals surface area contributed by atoms with Gasteiger partial charge in [-0.15, -0.1) is 0 Å². The van der Waals surface area contributed by atoms with Gasteiger partial charge in [-0.1, -0.05) is 20.8 Å². The smallest absolute Gasteiger partial charge is 0.00127 e. The van der Waals surface area contributed by atoms with E-state index in [0.717, 1.165) is 24.3 Å². The maximum atomic E-state index is 5.53. The summed E-state index contributed by atoms with van der Waals surface area (Å²) in [5, 5.41) is 0. The lowest BCUT2D eigenvalue weighted by molar-refractivity contribution is 0.258. The Bertz CT molecular complexity index is 168. The molecule has 2 nitrogen and oxygen atoms in total. The molecule has 0 radical (unpaired) electrons. The monoisotopic (exact) mass is 212 g/mol. The molecule has 1 aliphatic rings. The number of nitrogens with zero attached hydrogens (tertiary/aromatic N) is 1. The molecule has 0 bridgehead atoms. The summed E-state index contributed by atoms with van der Waals surface area (Å²) in [5.74, 6) is 2.61. The molecule has 1 heterocycles. The molecule has 1 fully saturated rings. The zero-order valence-corrected chi connectivity index (χ0v) is 10.7. The molecule has 1 rings (SSSR count). The molecular weight excluding hydrogens is 184 g/mol. The molecule has 2 unspecified atom stereocenters. The fourth-order valence-electron chi connectivity index (χ4n) is 2.57. The molecule has 0 aromatic carbocycles. The average Bonchev–Trinajstić information content (AvgIpc) is 2.63. The van der Waals surface area contributed by atoms with Crippen molar-refractivity contribution in [1.82, 2.24) is 4.90 Å². The summed E-state index contributed by atoms with van der Waals surface area (Å²) in [6, 6.07) is 0. The van der Waals surface area contributed by atoms with E-state index >= 15 is 0 Å². The highest BCUT2D eigenvalue weighted by molar-refractivity contribution is 4.78. The van der Waals surface area contributed by atoms with Gasteiger partial charge in [-0.05, 0) is 50.1 Å². The normalized spacial score (nSPS) is 25.0. The van der Waals surface area contributed by atoms with Crippen molar-refractivity contribution in [1.29, 1.82) is 0 Å². The van der Waals surface area contributed by atoms with E-state index in [1.807, 2.05) is 0 Å². The van der Waals surface area contributed by atoms with Crippen LogP contribution in [0.5, 0.6) is 0 Å². The Labute approximate surface area is 95.2 Å². The molecule has 0 amide bonds. The van der Waals surface area contributed by atoms with Crippen LogP contribution in [0.25, 0.3) is 0 Å². The molecule has 2 heteroatoms. The van der Waals surface area contributed by atoms with Gasteiger partial charge in [-0.2, -0.15) is 0 Å². The molecule has 0 aliphatic carbocycles. The van der Waals surface area contributed by atoms with Crippen LogP contribution >= 0.6 is 0 Å². The Hall–Kier alpha value is -0.0800.